The third kappa shape index (κ3) is 1.29. The van der Waals surface area contributed by atoms with E-state index in [2.05, 4.69) is 15.0 Å². The smallest absolute Gasteiger partial charge is 0.116 e. The Morgan fingerprint density at radius 3 is 3.08 bits per heavy atom. The second-order valence-corrected chi connectivity index (χ2v) is 2.32. The van der Waals surface area contributed by atoms with Gasteiger partial charge in [-0.25, -0.2) is 9.97 Å². The Balaban J connectivity index is 2.54. The molecule has 0 amide bonds. The Morgan fingerprint density at radius 1 is 1.08 bits per heavy atom. The van der Waals surface area contributed by atoms with Crippen LogP contribution in [0.2, 0.25) is 0 Å². The zero-order chi connectivity index (χ0) is 8.23. The number of allylic oxidation sites excluding steroid dienone is 3. The van der Waals surface area contributed by atoms with Crippen LogP contribution in [0.5, 0.6) is 0 Å². The topological polar surface area (TPSA) is 38.1 Å². The number of aliphatic imine (C=N–C) groups is 1. The summed E-state index contributed by atoms with van der Waals surface area (Å²) >= 11 is 0. The number of aromatic nitrogens is 2. The molecule has 0 bridgehead atoms. The lowest BCUT2D eigenvalue weighted by Crippen LogP contribution is -1.84. The molecule has 3 heteroatoms. The van der Waals surface area contributed by atoms with Gasteiger partial charge in [0.15, 0.2) is 0 Å². The van der Waals surface area contributed by atoms with Crippen LogP contribution in [0.3, 0.4) is 0 Å². The van der Waals surface area contributed by atoms with Gasteiger partial charge < -0.3 is 0 Å². The lowest BCUT2D eigenvalue weighted by Gasteiger charge is -1.97. The summed E-state index contributed by atoms with van der Waals surface area (Å²) in [5.74, 6) is 0. The summed E-state index contributed by atoms with van der Waals surface area (Å²) in [5, 5.41) is 0. The predicted molar refractivity (Wildman–Crippen MR) is 48.4 cm³/mol. The van der Waals surface area contributed by atoms with Crippen LogP contribution in [0, 0.1) is 0 Å². The minimum absolute atomic E-state index is 0.804. The average Bonchev–Trinajstić information content (AvgIpc) is 2.06. The highest BCUT2D eigenvalue weighted by molar-refractivity contribution is 5.78. The molecular weight excluding hydrogens is 150 g/mol. The van der Waals surface area contributed by atoms with Gasteiger partial charge in [0.05, 0.1) is 11.9 Å². The summed E-state index contributed by atoms with van der Waals surface area (Å²) in [6.07, 6.45) is 12.6. The Hall–Kier alpha value is -1.77. The molecule has 0 aromatic carbocycles. The Labute approximate surface area is 70.2 Å². The van der Waals surface area contributed by atoms with Crippen LogP contribution in [0.25, 0.3) is 6.08 Å². The number of nitrogens with zero attached hydrogens (tertiary/aromatic N) is 3. The van der Waals surface area contributed by atoms with Crippen molar-refractivity contribution in [3.8, 4) is 0 Å². The van der Waals surface area contributed by atoms with Crippen LogP contribution >= 0.6 is 0 Å². The monoisotopic (exact) mass is 157 g/mol. The lowest BCUT2D eigenvalue weighted by atomic mass is 10.3. The first kappa shape index (κ1) is 6.91. The largest absolute Gasteiger partial charge is 0.253 e. The molecule has 0 spiro atoms. The molecule has 0 saturated carbocycles. The number of hydrogen-bond acceptors (Lipinski definition) is 3. The van der Waals surface area contributed by atoms with E-state index in [0.29, 0.717) is 0 Å². The van der Waals surface area contributed by atoms with Crippen LogP contribution in [0.15, 0.2) is 35.7 Å². The van der Waals surface area contributed by atoms with Crippen molar-refractivity contribution in [2.45, 2.75) is 0 Å². The second kappa shape index (κ2) is 3.09. The number of hydrogen-bond donors (Lipinski definition) is 0. The Kier molecular flexibility index (Phi) is 1.78. The van der Waals surface area contributed by atoms with Crippen molar-refractivity contribution in [2.24, 2.45) is 4.99 Å². The molecule has 0 aliphatic carbocycles. The van der Waals surface area contributed by atoms with E-state index in [4.69, 9.17) is 0 Å². The number of rotatable bonds is 0. The average molecular weight is 157 g/mol. The molecular formula is C9H7N3. The quantitative estimate of drug-likeness (QED) is 0.575. The van der Waals surface area contributed by atoms with Gasteiger partial charge in [0.1, 0.15) is 12.0 Å². The van der Waals surface area contributed by atoms with Crippen molar-refractivity contribution in [2.75, 3.05) is 0 Å². The van der Waals surface area contributed by atoms with Crippen LogP contribution in [-0.4, -0.2) is 16.2 Å². The maximum absolute atomic E-state index is 4.16. The molecule has 0 N–H and O–H groups in total. The normalized spacial score (nSPS) is 13.7. The molecule has 0 fully saturated rings. The van der Waals surface area contributed by atoms with Crippen LogP contribution in [0.1, 0.15) is 5.69 Å². The molecule has 12 heavy (non-hydrogen) atoms. The third-order valence-corrected chi connectivity index (χ3v) is 1.50. The van der Waals surface area contributed by atoms with Crippen LogP contribution in [0.4, 0.5) is 5.69 Å². The van der Waals surface area contributed by atoms with E-state index in [9.17, 15) is 0 Å². The van der Waals surface area contributed by atoms with Crippen molar-refractivity contribution >= 4 is 18.0 Å². The fourth-order valence-electron chi connectivity index (χ4n) is 0.943. The molecule has 3 nitrogen and oxygen atoms in total. The molecule has 58 valence electrons. The minimum atomic E-state index is 0.804. The highest BCUT2D eigenvalue weighted by Gasteiger charge is 1.97. The van der Waals surface area contributed by atoms with E-state index >= 15 is 0 Å². The zero-order valence-corrected chi connectivity index (χ0v) is 6.38. The molecule has 0 unspecified atom stereocenters. The first-order valence-electron chi connectivity index (χ1n) is 3.64. The van der Waals surface area contributed by atoms with Gasteiger partial charge in [0.2, 0.25) is 0 Å². The van der Waals surface area contributed by atoms with Gasteiger partial charge in [-0.1, -0.05) is 12.2 Å². The maximum atomic E-state index is 4.16. The van der Waals surface area contributed by atoms with Gasteiger partial charge in [0.25, 0.3) is 0 Å². The Bertz CT molecular complexity index is 329. The highest BCUT2D eigenvalue weighted by Crippen LogP contribution is 2.16. The summed E-state index contributed by atoms with van der Waals surface area (Å²) in [6.45, 7) is 0. The Morgan fingerprint density at radius 2 is 2.08 bits per heavy atom. The second-order valence-electron chi connectivity index (χ2n) is 2.32. The summed E-state index contributed by atoms with van der Waals surface area (Å²) in [4.78, 5) is 12.1. The van der Waals surface area contributed by atoms with Gasteiger partial charge >= 0.3 is 0 Å². The molecule has 1 aliphatic heterocycles. The molecule has 2 rings (SSSR count). The SMILES string of the molecule is C1=CC=Nc2cncnc2C=C1. The van der Waals surface area contributed by atoms with Crippen molar-refractivity contribution in [1.82, 2.24) is 9.97 Å². The van der Waals surface area contributed by atoms with E-state index in [1.807, 2.05) is 24.3 Å². The van der Waals surface area contributed by atoms with E-state index in [1.54, 1.807) is 12.4 Å². The predicted octanol–water partition coefficient (Wildman–Crippen LogP) is 1.76. The third-order valence-electron chi connectivity index (χ3n) is 1.50. The van der Waals surface area contributed by atoms with Crippen molar-refractivity contribution in [3.63, 3.8) is 0 Å². The standard InChI is InChI=1S/C9H7N3/c1-2-4-8-9(11-5-3-1)6-10-7-12-8/h1-7H. The van der Waals surface area contributed by atoms with E-state index in [1.165, 1.54) is 6.33 Å². The lowest BCUT2D eigenvalue weighted by molar-refractivity contribution is 1.14. The van der Waals surface area contributed by atoms with Gasteiger partial charge in [-0.05, 0) is 12.2 Å². The van der Waals surface area contributed by atoms with Gasteiger partial charge in [-0.2, -0.15) is 0 Å². The van der Waals surface area contributed by atoms with E-state index in [0.717, 1.165) is 11.4 Å². The maximum Gasteiger partial charge on any atom is 0.116 e. The molecule has 1 aromatic rings. The van der Waals surface area contributed by atoms with Crippen molar-refractivity contribution in [3.05, 3.63) is 36.4 Å². The summed E-state index contributed by atoms with van der Waals surface area (Å²) in [7, 11) is 0. The molecule has 0 radical (unpaired) electrons. The molecule has 0 atom stereocenters. The van der Waals surface area contributed by atoms with Crippen molar-refractivity contribution in [1.29, 1.82) is 0 Å². The van der Waals surface area contributed by atoms with E-state index < -0.39 is 0 Å². The first-order chi connectivity index (χ1) is 5.97. The van der Waals surface area contributed by atoms with Gasteiger partial charge in [-0.15, -0.1) is 0 Å². The summed E-state index contributed by atoms with van der Waals surface area (Å²) < 4.78 is 0. The van der Waals surface area contributed by atoms with Crippen molar-refractivity contribution < 1.29 is 0 Å². The van der Waals surface area contributed by atoms with Gasteiger partial charge in [-0.3, -0.25) is 4.99 Å². The molecule has 2 heterocycles. The van der Waals surface area contributed by atoms with E-state index in [-0.39, 0.29) is 0 Å². The number of fused-ring (bicyclic) bond motifs is 1. The fraction of sp³-hybridized carbons (Fsp3) is 0. The molecule has 0 saturated heterocycles. The van der Waals surface area contributed by atoms with Crippen LogP contribution < -0.4 is 0 Å². The summed E-state index contributed by atoms with van der Waals surface area (Å²) in [5.41, 5.74) is 1.66. The first-order valence-corrected chi connectivity index (χ1v) is 3.64. The van der Waals surface area contributed by atoms with Crippen LogP contribution in [-0.2, 0) is 0 Å². The summed E-state index contributed by atoms with van der Waals surface area (Å²) in [6, 6.07) is 0. The highest BCUT2D eigenvalue weighted by atomic mass is 14.9. The van der Waals surface area contributed by atoms with Gasteiger partial charge in [0, 0.05) is 6.21 Å². The fourth-order valence-corrected chi connectivity index (χ4v) is 0.943. The minimum Gasteiger partial charge on any atom is -0.253 e. The molecule has 1 aromatic heterocycles. The zero-order valence-electron chi connectivity index (χ0n) is 6.38. The molecule has 1 aliphatic rings.